The topological polar surface area (TPSA) is 30.5 Å². The normalized spacial score (nSPS) is 12.0. The van der Waals surface area contributed by atoms with Crippen LogP contribution in [0.1, 0.15) is 53.4 Å². The molecule has 0 aromatic carbocycles. The van der Waals surface area contributed by atoms with Crippen molar-refractivity contribution in [3.8, 4) is 0 Å². The molecule has 3 heteroatoms. The molecule has 0 amide bonds. The predicted octanol–water partition coefficient (Wildman–Crippen LogP) is 2.99. The van der Waals surface area contributed by atoms with E-state index in [1.165, 1.54) is 25.7 Å². The summed E-state index contributed by atoms with van der Waals surface area (Å²) in [5, 5.41) is 3.39. The highest BCUT2D eigenvalue weighted by molar-refractivity contribution is 4.58. The number of rotatable bonds is 11. The van der Waals surface area contributed by atoms with E-state index in [-0.39, 0.29) is 5.60 Å². The van der Waals surface area contributed by atoms with Crippen molar-refractivity contribution in [2.75, 3.05) is 32.9 Å². The zero-order valence-electron chi connectivity index (χ0n) is 12.2. The highest BCUT2D eigenvalue weighted by Gasteiger charge is 2.08. The molecule has 0 unspecified atom stereocenters. The Morgan fingerprint density at radius 3 is 2.29 bits per heavy atom. The monoisotopic (exact) mass is 245 g/mol. The van der Waals surface area contributed by atoms with E-state index in [1.807, 2.05) is 0 Å². The van der Waals surface area contributed by atoms with Crippen molar-refractivity contribution in [1.82, 2.24) is 5.32 Å². The largest absolute Gasteiger partial charge is 0.378 e. The van der Waals surface area contributed by atoms with Crippen molar-refractivity contribution in [3.05, 3.63) is 0 Å². The highest BCUT2D eigenvalue weighted by atomic mass is 16.5. The van der Waals surface area contributed by atoms with Crippen LogP contribution in [0.3, 0.4) is 0 Å². The smallest absolute Gasteiger partial charge is 0.0707 e. The van der Waals surface area contributed by atoms with E-state index in [2.05, 4.69) is 33.0 Å². The first-order valence-electron chi connectivity index (χ1n) is 6.98. The van der Waals surface area contributed by atoms with Gasteiger partial charge in [0.05, 0.1) is 25.4 Å². The average molecular weight is 245 g/mol. The lowest BCUT2D eigenvalue weighted by atomic mass is 10.2. The molecule has 0 aliphatic rings. The minimum atomic E-state index is -0.0547. The second kappa shape index (κ2) is 11.0. The molecule has 0 rings (SSSR count). The number of nitrogens with one attached hydrogen (secondary N) is 1. The van der Waals surface area contributed by atoms with Crippen LogP contribution in [0.15, 0.2) is 0 Å². The number of hydrogen-bond donors (Lipinski definition) is 1. The van der Waals surface area contributed by atoms with Gasteiger partial charge in [-0.1, -0.05) is 26.2 Å². The Balaban J connectivity index is 2.99. The van der Waals surface area contributed by atoms with Crippen LogP contribution in [-0.2, 0) is 9.47 Å². The molecule has 104 valence electrons. The van der Waals surface area contributed by atoms with Crippen molar-refractivity contribution in [1.29, 1.82) is 0 Å². The van der Waals surface area contributed by atoms with Gasteiger partial charge in [-0.25, -0.2) is 0 Å². The molecule has 17 heavy (non-hydrogen) atoms. The van der Waals surface area contributed by atoms with E-state index in [0.717, 1.165) is 19.7 Å². The van der Waals surface area contributed by atoms with Crippen molar-refractivity contribution in [2.45, 2.75) is 59.0 Å². The van der Waals surface area contributed by atoms with E-state index < -0.39 is 0 Å². The molecule has 0 aliphatic heterocycles. The zero-order chi connectivity index (χ0) is 13.0. The molecule has 3 nitrogen and oxygen atoms in total. The van der Waals surface area contributed by atoms with Gasteiger partial charge in [-0.05, 0) is 33.7 Å². The first-order valence-corrected chi connectivity index (χ1v) is 6.98. The van der Waals surface area contributed by atoms with Crippen LogP contribution in [0.2, 0.25) is 0 Å². The third kappa shape index (κ3) is 15.9. The molecular formula is C14H31NO2. The standard InChI is InChI=1S/C14H31NO2/c1-5-6-7-8-9-15-10-11-16-12-13-17-14(2,3)4/h15H,5-13H2,1-4H3. The summed E-state index contributed by atoms with van der Waals surface area (Å²) in [5.41, 5.74) is -0.0547. The molecule has 0 radical (unpaired) electrons. The molecule has 0 bridgehead atoms. The van der Waals surface area contributed by atoms with E-state index in [4.69, 9.17) is 9.47 Å². The molecular weight excluding hydrogens is 214 g/mol. The maximum atomic E-state index is 5.56. The summed E-state index contributed by atoms with van der Waals surface area (Å²) < 4.78 is 11.0. The fraction of sp³-hybridized carbons (Fsp3) is 1.00. The minimum Gasteiger partial charge on any atom is -0.378 e. The predicted molar refractivity (Wildman–Crippen MR) is 73.5 cm³/mol. The Hall–Kier alpha value is -0.120. The summed E-state index contributed by atoms with van der Waals surface area (Å²) in [6, 6.07) is 0. The van der Waals surface area contributed by atoms with Crippen molar-refractivity contribution < 1.29 is 9.47 Å². The van der Waals surface area contributed by atoms with Gasteiger partial charge in [0.15, 0.2) is 0 Å². The molecule has 0 fully saturated rings. The van der Waals surface area contributed by atoms with Crippen molar-refractivity contribution in [3.63, 3.8) is 0 Å². The van der Waals surface area contributed by atoms with E-state index >= 15 is 0 Å². The maximum absolute atomic E-state index is 5.56. The molecule has 0 aliphatic carbocycles. The first-order chi connectivity index (χ1) is 8.06. The van der Waals surface area contributed by atoms with Gasteiger partial charge in [0.25, 0.3) is 0 Å². The Bertz CT molecular complexity index is 155. The molecule has 0 spiro atoms. The fourth-order valence-electron chi connectivity index (χ4n) is 1.45. The third-order valence-corrected chi connectivity index (χ3v) is 2.39. The van der Waals surface area contributed by atoms with Crippen LogP contribution >= 0.6 is 0 Å². The van der Waals surface area contributed by atoms with Gasteiger partial charge < -0.3 is 14.8 Å². The lowest BCUT2D eigenvalue weighted by molar-refractivity contribution is -0.0343. The van der Waals surface area contributed by atoms with Gasteiger partial charge in [-0.2, -0.15) is 0 Å². The van der Waals surface area contributed by atoms with E-state index in [9.17, 15) is 0 Å². The Kier molecular flexibility index (Phi) is 10.9. The summed E-state index contributed by atoms with van der Waals surface area (Å²) in [5.74, 6) is 0. The lowest BCUT2D eigenvalue weighted by Crippen LogP contribution is -2.24. The van der Waals surface area contributed by atoms with Crippen LogP contribution in [-0.4, -0.2) is 38.5 Å². The third-order valence-electron chi connectivity index (χ3n) is 2.39. The minimum absolute atomic E-state index is 0.0547. The quantitative estimate of drug-likeness (QED) is 0.568. The van der Waals surface area contributed by atoms with Crippen LogP contribution in [0.4, 0.5) is 0 Å². The molecule has 1 N–H and O–H groups in total. The molecule has 0 aromatic heterocycles. The Morgan fingerprint density at radius 1 is 0.882 bits per heavy atom. The van der Waals surface area contributed by atoms with Gasteiger partial charge in [0.1, 0.15) is 0 Å². The maximum Gasteiger partial charge on any atom is 0.0707 e. The first kappa shape index (κ1) is 16.9. The fourth-order valence-corrected chi connectivity index (χ4v) is 1.45. The molecule has 0 atom stereocenters. The molecule has 0 aromatic rings. The van der Waals surface area contributed by atoms with E-state index in [1.54, 1.807) is 0 Å². The van der Waals surface area contributed by atoms with Gasteiger partial charge in [-0.15, -0.1) is 0 Å². The van der Waals surface area contributed by atoms with Gasteiger partial charge in [-0.3, -0.25) is 0 Å². The van der Waals surface area contributed by atoms with Crippen molar-refractivity contribution in [2.24, 2.45) is 0 Å². The van der Waals surface area contributed by atoms with Crippen LogP contribution in [0.25, 0.3) is 0 Å². The zero-order valence-corrected chi connectivity index (χ0v) is 12.2. The lowest BCUT2D eigenvalue weighted by Gasteiger charge is -2.19. The average Bonchev–Trinajstić information content (AvgIpc) is 2.24. The van der Waals surface area contributed by atoms with Crippen LogP contribution < -0.4 is 5.32 Å². The van der Waals surface area contributed by atoms with Crippen molar-refractivity contribution >= 4 is 0 Å². The van der Waals surface area contributed by atoms with Gasteiger partial charge in [0.2, 0.25) is 0 Å². The van der Waals surface area contributed by atoms with Crippen LogP contribution in [0, 0.1) is 0 Å². The summed E-state index contributed by atoms with van der Waals surface area (Å²) in [7, 11) is 0. The van der Waals surface area contributed by atoms with Crippen LogP contribution in [0.5, 0.6) is 0 Å². The summed E-state index contributed by atoms with van der Waals surface area (Å²) in [4.78, 5) is 0. The summed E-state index contributed by atoms with van der Waals surface area (Å²) in [6.45, 7) is 12.6. The SMILES string of the molecule is CCCCCCNCCOCCOC(C)(C)C. The Labute approximate surface area is 107 Å². The Morgan fingerprint density at radius 2 is 1.65 bits per heavy atom. The van der Waals surface area contributed by atoms with Gasteiger partial charge >= 0.3 is 0 Å². The highest BCUT2D eigenvalue weighted by Crippen LogP contribution is 2.05. The molecule has 0 heterocycles. The second-order valence-electron chi connectivity index (χ2n) is 5.38. The van der Waals surface area contributed by atoms with Gasteiger partial charge in [0, 0.05) is 6.54 Å². The van der Waals surface area contributed by atoms with E-state index in [0.29, 0.717) is 13.2 Å². The summed E-state index contributed by atoms with van der Waals surface area (Å²) in [6.07, 6.45) is 5.27. The summed E-state index contributed by atoms with van der Waals surface area (Å²) >= 11 is 0. The number of ether oxygens (including phenoxy) is 2. The number of hydrogen-bond acceptors (Lipinski definition) is 3. The molecule has 0 saturated carbocycles. The number of unbranched alkanes of at least 4 members (excludes halogenated alkanes) is 3. The molecule has 0 saturated heterocycles. The second-order valence-corrected chi connectivity index (χ2v) is 5.38.